The van der Waals surface area contributed by atoms with Gasteiger partial charge in [-0.25, -0.2) is 0 Å². The van der Waals surface area contributed by atoms with Crippen molar-refractivity contribution in [3.8, 4) is 34.8 Å². The number of ether oxygens (including phenoxy) is 2. The number of aliphatic hydroxyl groups excluding tert-OH is 8. The number of aliphatic hydroxyl groups is 8. The highest BCUT2D eigenvalue weighted by Crippen LogP contribution is 2.54. The molecule has 0 saturated carbocycles. The minimum Gasteiger partial charge on any atom is -0.394 e. The lowest BCUT2D eigenvalue weighted by Crippen LogP contribution is -2.58. The first-order valence-electron chi connectivity index (χ1n) is 16.6. The SMILES string of the molecule is CC(C)C(=O)N1CCC2(CC1)c1cc(C#C[C@H]3O[C@H](CO)[C@@H](O)[C@H](O)[C@@H]3O)ccc1-c1ccc(C#C[C@H]3O[C@H](CO)[C@@H](O)[C@H](O)[C@@H]3O)cc12. The molecular weight excluding hydrogens is 634 g/mol. The van der Waals surface area contributed by atoms with Crippen molar-refractivity contribution in [2.24, 2.45) is 5.92 Å². The number of rotatable bonds is 3. The smallest absolute Gasteiger partial charge is 0.225 e. The predicted molar refractivity (Wildman–Crippen MR) is 175 cm³/mol. The maximum Gasteiger partial charge on any atom is 0.225 e. The Morgan fingerprint density at radius 1 is 0.735 bits per heavy atom. The van der Waals surface area contributed by atoms with E-state index in [0.717, 1.165) is 22.3 Å². The molecule has 1 aliphatic carbocycles. The van der Waals surface area contributed by atoms with Gasteiger partial charge < -0.3 is 55.2 Å². The highest BCUT2D eigenvalue weighted by atomic mass is 16.5. The van der Waals surface area contributed by atoms with Crippen molar-refractivity contribution in [2.45, 2.75) is 93.1 Å². The first-order valence-corrected chi connectivity index (χ1v) is 16.6. The predicted octanol–water partition coefficient (Wildman–Crippen LogP) is -1.38. The maximum atomic E-state index is 12.9. The van der Waals surface area contributed by atoms with E-state index in [-0.39, 0.29) is 11.8 Å². The van der Waals surface area contributed by atoms with Gasteiger partial charge in [-0.3, -0.25) is 4.79 Å². The van der Waals surface area contributed by atoms with Crippen LogP contribution in [0.4, 0.5) is 0 Å². The van der Waals surface area contributed by atoms with E-state index in [4.69, 9.17) is 9.47 Å². The average Bonchev–Trinajstić information content (AvgIpc) is 3.36. The molecule has 0 bridgehead atoms. The summed E-state index contributed by atoms with van der Waals surface area (Å²) in [4.78, 5) is 14.8. The molecule has 4 aliphatic rings. The van der Waals surface area contributed by atoms with Crippen LogP contribution in [-0.2, 0) is 19.7 Å². The topological polar surface area (TPSA) is 201 Å². The van der Waals surface area contributed by atoms with E-state index in [1.54, 1.807) is 0 Å². The summed E-state index contributed by atoms with van der Waals surface area (Å²) in [6, 6.07) is 11.6. The first kappa shape index (κ1) is 35.5. The third kappa shape index (κ3) is 6.39. The zero-order chi connectivity index (χ0) is 35.2. The van der Waals surface area contributed by atoms with Crippen LogP contribution in [-0.4, -0.2) is 139 Å². The second-order valence-electron chi connectivity index (χ2n) is 13.6. The molecule has 8 N–H and O–H groups in total. The van der Waals surface area contributed by atoms with Crippen LogP contribution < -0.4 is 0 Å². The molecule has 2 aromatic carbocycles. The van der Waals surface area contributed by atoms with Crippen molar-refractivity contribution in [3.63, 3.8) is 0 Å². The minimum atomic E-state index is -1.53. The van der Waals surface area contributed by atoms with Gasteiger partial charge >= 0.3 is 0 Å². The van der Waals surface area contributed by atoms with E-state index >= 15 is 0 Å². The van der Waals surface area contributed by atoms with Gasteiger partial charge in [-0.1, -0.05) is 49.7 Å². The van der Waals surface area contributed by atoms with Crippen LogP contribution in [0.3, 0.4) is 0 Å². The Morgan fingerprint density at radius 3 is 1.55 bits per heavy atom. The van der Waals surface area contributed by atoms with Crippen LogP contribution in [0.5, 0.6) is 0 Å². The molecule has 262 valence electrons. The Balaban J connectivity index is 1.34. The number of benzene rings is 2. The van der Waals surface area contributed by atoms with Gasteiger partial charge in [0.05, 0.1) is 13.2 Å². The molecule has 0 aromatic heterocycles. The molecule has 0 unspecified atom stereocenters. The van der Waals surface area contributed by atoms with Crippen molar-refractivity contribution >= 4 is 5.91 Å². The molecule has 3 fully saturated rings. The fraction of sp³-hybridized carbons (Fsp3) is 0.541. The van der Waals surface area contributed by atoms with Crippen molar-refractivity contribution in [1.82, 2.24) is 4.90 Å². The molecule has 1 spiro atoms. The van der Waals surface area contributed by atoms with Gasteiger partial charge in [0.2, 0.25) is 5.91 Å². The van der Waals surface area contributed by atoms with Crippen molar-refractivity contribution in [3.05, 3.63) is 58.7 Å². The second kappa shape index (κ2) is 14.1. The number of hydrogen-bond donors (Lipinski definition) is 8. The fourth-order valence-corrected chi connectivity index (χ4v) is 7.41. The van der Waals surface area contributed by atoms with Gasteiger partial charge in [0.15, 0.2) is 0 Å². The standard InChI is InChI=1S/C37H43NO11/c1-19(2)36(47)38-13-11-37(12-14-38)24-15-20(5-9-26-30(41)34(45)32(43)28(17-39)48-26)3-7-22(24)23-8-4-21(16-25(23)37)6-10-27-31(42)35(46)33(44)29(18-40)49-27/h3-4,7-8,15-16,19,26-35,39-46H,11-14,17-18H2,1-2H3/t26-,27-,28-,29-,30-,31-,32-,33-,34-,35-/m1/s1. The van der Waals surface area contributed by atoms with Gasteiger partial charge in [0.25, 0.3) is 0 Å². The van der Waals surface area contributed by atoms with Gasteiger partial charge in [-0.2, -0.15) is 0 Å². The average molecular weight is 678 g/mol. The van der Waals surface area contributed by atoms with E-state index in [9.17, 15) is 45.6 Å². The maximum absolute atomic E-state index is 12.9. The summed E-state index contributed by atoms with van der Waals surface area (Å²) >= 11 is 0. The molecule has 3 aliphatic heterocycles. The summed E-state index contributed by atoms with van der Waals surface area (Å²) in [6.45, 7) is 3.75. The number of carbonyl (C=O) groups excluding carboxylic acids is 1. The number of amides is 1. The lowest BCUT2D eigenvalue weighted by molar-refractivity contribution is -0.214. The van der Waals surface area contributed by atoms with Crippen molar-refractivity contribution in [2.75, 3.05) is 26.3 Å². The van der Waals surface area contributed by atoms with Crippen LogP contribution in [0, 0.1) is 29.6 Å². The highest BCUT2D eigenvalue weighted by molar-refractivity contribution is 5.83. The van der Waals surface area contributed by atoms with E-state index in [1.165, 1.54) is 0 Å². The molecule has 6 rings (SSSR count). The van der Waals surface area contributed by atoms with Gasteiger partial charge in [-0.15, -0.1) is 0 Å². The van der Waals surface area contributed by atoms with Crippen LogP contribution in [0.2, 0.25) is 0 Å². The zero-order valence-electron chi connectivity index (χ0n) is 27.3. The molecule has 3 saturated heterocycles. The highest BCUT2D eigenvalue weighted by Gasteiger charge is 2.47. The molecule has 0 radical (unpaired) electrons. The normalized spacial score (nSPS) is 33.2. The molecular formula is C37H43NO11. The molecule has 3 heterocycles. The number of nitrogens with zero attached hydrogens (tertiary/aromatic N) is 1. The van der Waals surface area contributed by atoms with Crippen molar-refractivity contribution < 1.29 is 55.1 Å². The Bertz CT molecular complexity index is 1570. The zero-order valence-corrected chi connectivity index (χ0v) is 27.3. The summed E-state index contributed by atoms with van der Waals surface area (Å²) < 4.78 is 11.1. The Hall–Kier alpha value is -3.37. The van der Waals surface area contributed by atoms with Crippen LogP contribution >= 0.6 is 0 Å². The van der Waals surface area contributed by atoms with E-state index in [0.29, 0.717) is 37.1 Å². The molecule has 49 heavy (non-hydrogen) atoms. The van der Waals surface area contributed by atoms with Gasteiger partial charge in [0, 0.05) is 35.5 Å². The number of piperidine rings is 1. The first-order chi connectivity index (χ1) is 23.4. The summed E-state index contributed by atoms with van der Waals surface area (Å²) in [5.41, 5.74) is 4.84. The van der Waals surface area contributed by atoms with Crippen LogP contribution in [0.25, 0.3) is 11.1 Å². The molecule has 2 aromatic rings. The van der Waals surface area contributed by atoms with Crippen LogP contribution in [0.1, 0.15) is 48.9 Å². The van der Waals surface area contributed by atoms with E-state index < -0.39 is 79.7 Å². The summed E-state index contributed by atoms with van der Waals surface area (Å²) in [6.07, 6.45) is -12.1. The third-order valence-corrected chi connectivity index (χ3v) is 10.3. The van der Waals surface area contributed by atoms with Gasteiger partial charge in [-0.05, 0) is 59.4 Å². The second-order valence-corrected chi connectivity index (χ2v) is 13.6. The Kier molecular flexibility index (Phi) is 10.2. The minimum absolute atomic E-state index is 0.0894. The number of likely N-dealkylation sites (tertiary alicyclic amines) is 1. The number of carbonyl (C=O) groups is 1. The summed E-state index contributed by atoms with van der Waals surface area (Å²) in [7, 11) is 0. The number of hydrogen-bond acceptors (Lipinski definition) is 11. The lowest BCUT2D eigenvalue weighted by atomic mass is 9.70. The molecule has 12 heteroatoms. The van der Waals surface area contributed by atoms with Gasteiger partial charge in [0.1, 0.15) is 61.0 Å². The summed E-state index contributed by atoms with van der Waals surface area (Å²) in [5, 5.41) is 80.7. The lowest BCUT2D eigenvalue weighted by Gasteiger charge is -2.41. The fourth-order valence-electron chi connectivity index (χ4n) is 7.41. The Morgan fingerprint density at radius 2 is 1.16 bits per heavy atom. The van der Waals surface area contributed by atoms with Crippen molar-refractivity contribution in [1.29, 1.82) is 0 Å². The quantitative estimate of drug-likeness (QED) is 0.178. The molecule has 10 atom stereocenters. The van der Waals surface area contributed by atoms with E-state index in [2.05, 4.69) is 23.7 Å². The monoisotopic (exact) mass is 677 g/mol. The number of fused-ring (bicyclic) bond motifs is 5. The largest absolute Gasteiger partial charge is 0.394 e. The van der Waals surface area contributed by atoms with E-state index in [1.807, 2.05) is 55.1 Å². The van der Waals surface area contributed by atoms with Crippen LogP contribution in [0.15, 0.2) is 36.4 Å². The summed E-state index contributed by atoms with van der Waals surface area (Å²) in [5.74, 6) is 11.8. The Labute approximate surface area is 284 Å². The molecule has 12 nitrogen and oxygen atoms in total. The third-order valence-electron chi connectivity index (χ3n) is 10.3. The molecule has 1 amide bonds.